The van der Waals surface area contributed by atoms with Crippen LogP contribution < -0.4 is 0 Å². The van der Waals surface area contributed by atoms with E-state index in [9.17, 15) is 13.9 Å². The second kappa shape index (κ2) is 4.72. The summed E-state index contributed by atoms with van der Waals surface area (Å²) in [4.78, 5) is 0. The summed E-state index contributed by atoms with van der Waals surface area (Å²) < 4.78 is 26.0. The van der Waals surface area contributed by atoms with Crippen LogP contribution in [0.4, 0.5) is 8.78 Å². The molecule has 0 bridgehead atoms. The largest absolute Gasteiger partial charge is 0.388 e. The molecule has 0 saturated carbocycles. The Morgan fingerprint density at radius 2 is 2.06 bits per heavy atom. The van der Waals surface area contributed by atoms with E-state index in [1.54, 1.807) is 6.07 Å². The quantitative estimate of drug-likeness (QED) is 0.872. The lowest BCUT2D eigenvalue weighted by Gasteiger charge is -2.09. The molecular formula is C12H10F2OS. The molecule has 0 amide bonds. The van der Waals surface area contributed by atoms with Crippen LogP contribution in [-0.4, -0.2) is 5.11 Å². The number of hydrogen-bond acceptors (Lipinski definition) is 2. The zero-order valence-corrected chi connectivity index (χ0v) is 9.18. The van der Waals surface area contributed by atoms with Gasteiger partial charge in [0.05, 0.1) is 6.10 Å². The second-order valence-electron chi connectivity index (χ2n) is 3.51. The van der Waals surface area contributed by atoms with E-state index in [1.165, 1.54) is 23.5 Å². The normalized spacial score (nSPS) is 12.7. The highest BCUT2D eigenvalue weighted by Gasteiger charge is 2.12. The number of rotatable bonds is 3. The molecule has 0 aliphatic carbocycles. The van der Waals surface area contributed by atoms with Crippen LogP contribution in [0.3, 0.4) is 0 Å². The van der Waals surface area contributed by atoms with Crippen molar-refractivity contribution in [2.24, 2.45) is 0 Å². The summed E-state index contributed by atoms with van der Waals surface area (Å²) in [7, 11) is 0. The average Bonchev–Trinajstić information content (AvgIpc) is 2.75. The highest BCUT2D eigenvalue weighted by atomic mass is 32.1. The van der Waals surface area contributed by atoms with Gasteiger partial charge in [0.25, 0.3) is 0 Å². The predicted molar refractivity (Wildman–Crippen MR) is 59.3 cm³/mol. The zero-order chi connectivity index (χ0) is 11.5. The number of aliphatic hydroxyl groups excluding tert-OH is 1. The molecule has 0 saturated heterocycles. The van der Waals surface area contributed by atoms with Crippen LogP contribution in [0.5, 0.6) is 0 Å². The molecule has 1 nitrogen and oxygen atoms in total. The number of benzene rings is 1. The first-order valence-electron chi connectivity index (χ1n) is 4.81. The third kappa shape index (κ3) is 2.46. The van der Waals surface area contributed by atoms with Crippen LogP contribution in [0.15, 0.2) is 35.0 Å². The van der Waals surface area contributed by atoms with Gasteiger partial charge in [0.2, 0.25) is 0 Å². The molecule has 0 aliphatic rings. The third-order valence-electron chi connectivity index (χ3n) is 2.36. The monoisotopic (exact) mass is 240 g/mol. The number of aliphatic hydroxyl groups is 1. The summed E-state index contributed by atoms with van der Waals surface area (Å²) >= 11 is 1.47. The van der Waals surface area contributed by atoms with Crippen LogP contribution in [-0.2, 0) is 6.42 Å². The van der Waals surface area contributed by atoms with Gasteiger partial charge in [0.15, 0.2) is 0 Å². The fourth-order valence-electron chi connectivity index (χ4n) is 1.48. The Morgan fingerprint density at radius 1 is 1.25 bits per heavy atom. The van der Waals surface area contributed by atoms with E-state index in [-0.39, 0.29) is 6.42 Å². The molecule has 4 heteroatoms. The van der Waals surface area contributed by atoms with Gasteiger partial charge in [-0.05, 0) is 34.0 Å². The summed E-state index contributed by atoms with van der Waals surface area (Å²) in [5, 5.41) is 13.5. The van der Waals surface area contributed by atoms with Gasteiger partial charge < -0.3 is 5.11 Å². The van der Waals surface area contributed by atoms with Crippen LogP contribution in [0.2, 0.25) is 0 Å². The van der Waals surface area contributed by atoms with Gasteiger partial charge in [0.1, 0.15) is 11.6 Å². The number of halogens is 2. The highest BCUT2D eigenvalue weighted by molar-refractivity contribution is 7.07. The standard InChI is InChI=1S/C12H10F2OS/c13-10-2-1-8(11(14)6-10)5-12(15)9-3-4-16-7-9/h1-4,6-7,12,15H,5H2. The van der Waals surface area contributed by atoms with Crippen molar-refractivity contribution in [3.8, 4) is 0 Å². The van der Waals surface area contributed by atoms with Gasteiger partial charge in [-0.2, -0.15) is 11.3 Å². The van der Waals surface area contributed by atoms with Gasteiger partial charge in [-0.25, -0.2) is 8.78 Å². The maximum absolute atomic E-state index is 13.3. The maximum atomic E-state index is 13.3. The molecule has 2 rings (SSSR count). The minimum absolute atomic E-state index is 0.156. The van der Waals surface area contributed by atoms with Crippen molar-refractivity contribution in [3.63, 3.8) is 0 Å². The van der Waals surface area contributed by atoms with Crippen LogP contribution in [0.25, 0.3) is 0 Å². The lowest BCUT2D eigenvalue weighted by molar-refractivity contribution is 0.177. The molecule has 2 aromatic rings. The number of thiophene rings is 1. The van der Waals surface area contributed by atoms with E-state index >= 15 is 0 Å². The molecule has 84 valence electrons. The SMILES string of the molecule is OC(Cc1ccc(F)cc1F)c1ccsc1. The minimum atomic E-state index is -0.744. The van der Waals surface area contributed by atoms with Crippen molar-refractivity contribution in [2.45, 2.75) is 12.5 Å². The minimum Gasteiger partial charge on any atom is -0.388 e. The molecule has 1 heterocycles. The van der Waals surface area contributed by atoms with Crippen molar-refractivity contribution in [1.82, 2.24) is 0 Å². The Morgan fingerprint density at radius 3 is 2.69 bits per heavy atom. The number of hydrogen-bond donors (Lipinski definition) is 1. The molecule has 1 unspecified atom stereocenters. The summed E-state index contributed by atoms with van der Waals surface area (Å²) in [5.41, 5.74) is 1.08. The van der Waals surface area contributed by atoms with E-state index in [0.29, 0.717) is 5.56 Å². The van der Waals surface area contributed by atoms with E-state index in [4.69, 9.17) is 0 Å². The molecular weight excluding hydrogens is 230 g/mol. The van der Waals surface area contributed by atoms with Gasteiger partial charge in [0, 0.05) is 12.5 Å². The summed E-state index contributed by atoms with van der Waals surface area (Å²) in [6.45, 7) is 0. The van der Waals surface area contributed by atoms with Crippen molar-refractivity contribution in [1.29, 1.82) is 0 Å². The average molecular weight is 240 g/mol. The molecule has 0 aliphatic heterocycles. The highest BCUT2D eigenvalue weighted by Crippen LogP contribution is 2.22. The topological polar surface area (TPSA) is 20.2 Å². The molecule has 1 atom stereocenters. The van der Waals surface area contributed by atoms with E-state index in [2.05, 4.69) is 0 Å². The summed E-state index contributed by atoms with van der Waals surface area (Å²) in [6, 6.07) is 5.17. The van der Waals surface area contributed by atoms with Crippen molar-refractivity contribution in [2.75, 3.05) is 0 Å². The summed E-state index contributed by atoms with van der Waals surface area (Å²) in [6.07, 6.45) is -0.589. The van der Waals surface area contributed by atoms with Crippen LogP contribution >= 0.6 is 11.3 Å². The van der Waals surface area contributed by atoms with Crippen molar-refractivity contribution in [3.05, 3.63) is 57.8 Å². The molecule has 1 aromatic heterocycles. The Bertz CT molecular complexity index is 468. The van der Waals surface area contributed by atoms with Gasteiger partial charge in [-0.15, -0.1) is 0 Å². The van der Waals surface area contributed by atoms with Crippen LogP contribution in [0, 0.1) is 11.6 Å². The lowest BCUT2D eigenvalue weighted by Crippen LogP contribution is -2.02. The molecule has 1 aromatic carbocycles. The first kappa shape index (κ1) is 11.2. The molecule has 16 heavy (non-hydrogen) atoms. The molecule has 1 N–H and O–H groups in total. The molecule has 0 spiro atoms. The van der Waals surface area contributed by atoms with Crippen molar-refractivity contribution >= 4 is 11.3 Å². The van der Waals surface area contributed by atoms with E-state index < -0.39 is 17.7 Å². The first-order valence-corrected chi connectivity index (χ1v) is 5.75. The fraction of sp³-hybridized carbons (Fsp3) is 0.167. The smallest absolute Gasteiger partial charge is 0.129 e. The van der Waals surface area contributed by atoms with Gasteiger partial charge in [-0.1, -0.05) is 6.07 Å². The van der Waals surface area contributed by atoms with Crippen molar-refractivity contribution < 1.29 is 13.9 Å². The molecule has 0 radical (unpaired) electrons. The Hall–Kier alpha value is -1.26. The lowest BCUT2D eigenvalue weighted by atomic mass is 10.0. The molecule has 0 fully saturated rings. The fourth-order valence-corrected chi connectivity index (χ4v) is 2.19. The Labute approximate surface area is 96.0 Å². The van der Waals surface area contributed by atoms with E-state index in [1.807, 2.05) is 10.8 Å². The maximum Gasteiger partial charge on any atom is 0.129 e. The predicted octanol–water partition coefficient (Wildman–Crippen LogP) is 3.30. The van der Waals surface area contributed by atoms with E-state index in [0.717, 1.165) is 11.6 Å². The third-order valence-corrected chi connectivity index (χ3v) is 3.06. The second-order valence-corrected chi connectivity index (χ2v) is 4.29. The Balaban J connectivity index is 2.15. The van der Waals surface area contributed by atoms with Gasteiger partial charge in [-0.3, -0.25) is 0 Å². The van der Waals surface area contributed by atoms with Crippen LogP contribution in [0.1, 0.15) is 17.2 Å². The van der Waals surface area contributed by atoms with Gasteiger partial charge >= 0.3 is 0 Å². The summed E-state index contributed by atoms with van der Waals surface area (Å²) in [5.74, 6) is -1.22. The first-order chi connectivity index (χ1) is 7.66. The Kier molecular flexibility index (Phi) is 3.31. The zero-order valence-electron chi connectivity index (χ0n) is 8.36.